The van der Waals surface area contributed by atoms with Gasteiger partial charge in [0, 0.05) is 10.9 Å². The molecule has 1 aromatic carbocycles. The maximum atomic E-state index is 12.3. The summed E-state index contributed by atoms with van der Waals surface area (Å²) in [5.74, 6) is -0.315. The van der Waals surface area contributed by atoms with Gasteiger partial charge in [0.15, 0.2) is 0 Å². The third-order valence-electron chi connectivity index (χ3n) is 3.96. The molecule has 0 bridgehead atoms. The summed E-state index contributed by atoms with van der Waals surface area (Å²) in [7, 11) is 1.57. The lowest BCUT2D eigenvalue weighted by atomic mass is 10.1. The van der Waals surface area contributed by atoms with Crippen molar-refractivity contribution in [2.75, 3.05) is 7.11 Å². The summed E-state index contributed by atoms with van der Waals surface area (Å²) >= 11 is 0. The van der Waals surface area contributed by atoms with E-state index in [4.69, 9.17) is 4.74 Å². The minimum atomic E-state index is -0.992. The molecule has 1 heterocycles. The minimum Gasteiger partial charge on any atom is -0.496 e. The number of amides is 1. The first-order valence-electron chi connectivity index (χ1n) is 7.28. The summed E-state index contributed by atoms with van der Waals surface area (Å²) < 4.78 is 5.25. The summed E-state index contributed by atoms with van der Waals surface area (Å²) in [6.45, 7) is 0. The molecule has 1 unspecified atom stereocenters. The normalized spacial score (nSPS) is 15.5. The lowest BCUT2D eigenvalue weighted by molar-refractivity contribution is -0.139. The van der Waals surface area contributed by atoms with Crippen molar-refractivity contribution in [1.29, 1.82) is 0 Å². The maximum absolute atomic E-state index is 12.3. The van der Waals surface area contributed by atoms with Gasteiger partial charge in [0.25, 0.3) is 5.91 Å². The number of aromatic nitrogens is 1. The smallest absolute Gasteiger partial charge is 0.326 e. The van der Waals surface area contributed by atoms with E-state index in [1.165, 1.54) is 0 Å². The monoisotopic (exact) mass is 302 g/mol. The molecule has 6 nitrogen and oxygen atoms in total. The fourth-order valence-corrected chi connectivity index (χ4v) is 2.57. The molecule has 1 aliphatic carbocycles. The zero-order chi connectivity index (χ0) is 15.7. The average molecular weight is 302 g/mol. The van der Waals surface area contributed by atoms with Crippen LogP contribution in [0.4, 0.5) is 0 Å². The van der Waals surface area contributed by atoms with E-state index in [0.717, 1.165) is 23.7 Å². The molecule has 22 heavy (non-hydrogen) atoms. The topological polar surface area (TPSA) is 91.4 Å². The molecule has 0 radical (unpaired) electrons. The Bertz CT molecular complexity index is 718. The Morgan fingerprint density at radius 3 is 2.86 bits per heavy atom. The Balaban J connectivity index is 1.80. The largest absolute Gasteiger partial charge is 0.496 e. The van der Waals surface area contributed by atoms with Crippen LogP contribution < -0.4 is 10.1 Å². The number of carboxylic acid groups (broad SMARTS) is 1. The molecule has 1 aromatic heterocycles. The van der Waals surface area contributed by atoms with Crippen molar-refractivity contribution < 1.29 is 19.4 Å². The number of hydrogen-bond acceptors (Lipinski definition) is 3. The van der Waals surface area contributed by atoms with Gasteiger partial charge in [0.1, 0.15) is 17.5 Å². The fourth-order valence-electron chi connectivity index (χ4n) is 2.57. The quantitative estimate of drug-likeness (QED) is 0.762. The first kappa shape index (κ1) is 14.4. The molecule has 1 saturated carbocycles. The number of H-pyrrole nitrogens is 1. The Labute approximate surface area is 127 Å². The van der Waals surface area contributed by atoms with Crippen LogP contribution in [0.3, 0.4) is 0 Å². The van der Waals surface area contributed by atoms with E-state index in [1.54, 1.807) is 13.2 Å². The lowest BCUT2D eigenvalue weighted by Gasteiger charge is -2.13. The number of fused-ring (bicyclic) bond motifs is 1. The van der Waals surface area contributed by atoms with Gasteiger partial charge >= 0.3 is 5.97 Å². The zero-order valence-corrected chi connectivity index (χ0v) is 12.3. The molecular formula is C16H18N2O4. The summed E-state index contributed by atoms with van der Waals surface area (Å²) in [5, 5.41) is 12.6. The first-order valence-corrected chi connectivity index (χ1v) is 7.28. The third-order valence-corrected chi connectivity index (χ3v) is 3.96. The molecule has 0 spiro atoms. The van der Waals surface area contributed by atoms with Gasteiger partial charge in [-0.15, -0.1) is 0 Å². The van der Waals surface area contributed by atoms with Crippen molar-refractivity contribution >= 4 is 22.8 Å². The molecule has 0 aliphatic heterocycles. The van der Waals surface area contributed by atoms with Crippen LogP contribution in [0.15, 0.2) is 24.3 Å². The summed E-state index contributed by atoms with van der Waals surface area (Å²) in [5.41, 5.74) is 1.11. The van der Waals surface area contributed by atoms with Gasteiger partial charge in [-0.1, -0.05) is 18.9 Å². The average Bonchev–Trinajstić information content (AvgIpc) is 3.20. The van der Waals surface area contributed by atoms with Gasteiger partial charge < -0.3 is 20.1 Å². The molecule has 6 heteroatoms. The molecule has 0 saturated heterocycles. The Morgan fingerprint density at radius 1 is 1.45 bits per heavy atom. The molecule has 1 fully saturated rings. The van der Waals surface area contributed by atoms with Crippen LogP contribution in [0, 0.1) is 5.92 Å². The fraction of sp³-hybridized carbons (Fsp3) is 0.375. The SMILES string of the molecule is COc1cccc2[nH]c(C(=O)NC(CC3CC3)C(=O)O)cc12. The number of carboxylic acids is 1. The lowest BCUT2D eigenvalue weighted by Crippen LogP contribution is -2.41. The van der Waals surface area contributed by atoms with Crippen LogP contribution in [0.25, 0.3) is 10.9 Å². The molecule has 116 valence electrons. The summed E-state index contributed by atoms with van der Waals surface area (Å²) in [6.07, 6.45) is 2.58. The van der Waals surface area contributed by atoms with Crippen LogP contribution in [0.5, 0.6) is 5.75 Å². The molecule has 1 aliphatic rings. The van der Waals surface area contributed by atoms with Gasteiger partial charge in [-0.3, -0.25) is 4.79 Å². The Kier molecular flexibility index (Phi) is 3.75. The van der Waals surface area contributed by atoms with E-state index in [1.807, 2.05) is 18.2 Å². The van der Waals surface area contributed by atoms with Crippen molar-refractivity contribution in [3.63, 3.8) is 0 Å². The number of benzene rings is 1. The van der Waals surface area contributed by atoms with Crippen molar-refractivity contribution in [2.45, 2.75) is 25.3 Å². The van der Waals surface area contributed by atoms with Crippen molar-refractivity contribution in [3.05, 3.63) is 30.0 Å². The standard InChI is InChI=1S/C16H18N2O4/c1-22-14-4-2-3-11-10(14)8-12(17-11)15(19)18-13(16(20)21)7-9-5-6-9/h2-4,8-9,13,17H,5-7H2,1H3,(H,18,19)(H,20,21). The Morgan fingerprint density at radius 2 is 2.23 bits per heavy atom. The molecule has 3 N–H and O–H groups in total. The number of carbonyl (C=O) groups excluding carboxylic acids is 1. The number of hydrogen-bond donors (Lipinski definition) is 3. The van der Waals surface area contributed by atoms with Gasteiger partial charge in [0.2, 0.25) is 0 Å². The molecule has 1 atom stereocenters. The van der Waals surface area contributed by atoms with Crippen molar-refractivity contribution in [2.24, 2.45) is 5.92 Å². The zero-order valence-electron chi connectivity index (χ0n) is 12.3. The van der Waals surface area contributed by atoms with Gasteiger partial charge in [0.05, 0.1) is 7.11 Å². The second-order valence-corrected chi connectivity index (χ2v) is 5.65. The molecule has 3 rings (SSSR count). The predicted molar refractivity (Wildman–Crippen MR) is 81.1 cm³/mol. The highest BCUT2D eigenvalue weighted by atomic mass is 16.5. The maximum Gasteiger partial charge on any atom is 0.326 e. The van der Waals surface area contributed by atoms with Crippen molar-refractivity contribution in [1.82, 2.24) is 10.3 Å². The first-order chi connectivity index (χ1) is 10.6. The Hall–Kier alpha value is -2.50. The number of aliphatic carboxylic acids is 1. The summed E-state index contributed by atoms with van der Waals surface area (Å²) in [4.78, 5) is 26.5. The van der Waals surface area contributed by atoms with Crippen molar-refractivity contribution in [3.8, 4) is 5.75 Å². The van der Waals surface area contributed by atoms with Crippen LogP contribution in [0.1, 0.15) is 29.8 Å². The minimum absolute atomic E-state index is 0.335. The van der Waals surface area contributed by atoms with Crippen LogP contribution in [-0.2, 0) is 4.79 Å². The van der Waals surface area contributed by atoms with Gasteiger partial charge in [-0.2, -0.15) is 0 Å². The summed E-state index contributed by atoms with van der Waals surface area (Å²) in [6, 6.07) is 6.32. The number of nitrogens with one attached hydrogen (secondary N) is 2. The highest BCUT2D eigenvalue weighted by Gasteiger charge is 2.30. The van der Waals surface area contributed by atoms with E-state index >= 15 is 0 Å². The van der Waals surface area contributed by atoms with E-state index in [9.17, 15) is 14.7 Å². The van der Waals surface area contributed by atoms with Crippen LogP contribution in [-0.4, -0.2) is 35.1 Å². The van der Waals surface area contributed by atoms with Crippen LogP contribution >= 0.6 is 0 Å². The number of aromatic amines is 1. The predicted octanol–water partition coefficient (Wildman–Crippen LogP) is 2.16. The highest BCUT2D eigenvalue weighted by Crippen LogP contribution is 2.33. The molecule has 1 amide bonds. The molecule has 2 aromatic rings. The van der Waals surface area contributed by atoms with E-state index in [2.05, 4.69) is 10.3 Å². The third kappa shape index (κ3) is 2.90. The molecular weight excluding hydrogens is 284 g/mol. The highest BCUT2D eigenvalue weighted by molar-refractivity contribution is 6.00. The number of ether oxygens (including phenoxy) is 1. The van der Waals surface area contributed by atoms with E-state index in [0.29, 0.717) is 23.8 Å². The van der Waals surface area contributed by atoms with Crippen LogP contribution in [0.2, 0.25) is 0 Å². The van der Waals surface area contributed by atoms with E-state index < -0.39 is 17.9 Å². The number of rotatable bonds is 6. The second kappa shape index (κ2) is 5.71. The second-order valence-electron chi connectivity index (χ2n) is 5.65. The van der Waals surface area contributed by atoms with E-state index in [-0.39, 0.29) is 0 Å². The van der Waals surface area contributed by atoms with Gasteiger partial charge in [-0.05, 0) is 30.5 Å². The number of carbonyl (C=O) groups is 2. The van der Waals surface area contributed by atoms with Gasteiger partial charge in [-0.25, -0.2) is 4.79 Å². The number of methoxy groups -OCH3 is 1.